The first-order chi connectivity index (χ1) is 8.66. The van der Waals surface area contributed by atoms with Crippen LogP contribution in [0.4, 0.5) is 0 Å². The molecule has 1 aliphatic rings. The molecule has 0 spiro atoms. The average molecular weight is 313 g/mol. The summed E-state index contributed by atoms with van der Waals surface area (Å²) in [7, 11) is 0. The Kier molecular flexibility index (Phi) is 4.74. The third-order valence-corrected chi connectivity index (χ3v) is 3.48. The minimum Gasteiger partial charge on any atom is -0.366 e. The van der Waals surface area contributed by atoms with Crippen molar-refractivity contribution in [3.05, 3.63) is 34.3 Å². The lowest BCUT2D eigenvalue weighted by molar-refractivity contribution is -0.134. The molecular formula is C13H17BrN2O2. The highest BCUT2D eigenvalue weighted by atomic mass is 79.9. The topological polar surface area (TPSA) is 50.4 Å². The molecule has 2 atom stereocenters. The van der Waals surface area contributed by atoms with Crippen LogP contribution < -0.4 is 10.6 Å². The number of amides is 1. The maximum absolute atomic E-state index is 12.0. The number of ether oxygens (including phenoxy) is 1. The minimum atomic E-state index is -0.378. The molecule has 0 saturated carbocycles. The minimum absolute atomic E-state index is 0.0175. The second-order valence-electron chi connectivity index (χ2n) is 4.35. The van der Waals surface area contributed by atoms with Crippen LogP contribution in [0.5, 0.6) is 0 Å². The molecule has 18 heavy (non-hydrogen) atoms. The third kappa shape index (κ3) is 3.54. The van der Waals surface area contributed by atoms with E-state index in [0.29, 0.717) is 13.2 Å². The number of nitrogens with one attached hydrogen (secondary N) is 2. The monoisotopic (exact) mass is 312 g/mol. The summed E-state index contributed by atoms with van der Waals surface area (Å²) in [5, 5.41) is 6.11. The second kappa shape index (κ2) is 6.31. The SMILES string of the molecule is C[C@H](NC(=O)C1CNCCO1)c1ccc(Br)cc1. The van der Waals surface area contributed by atoms with Crippen LogP contribution in [0.1, 0.15) is 18.5 Å². The number of carbonyl (C=O) groups excluding carboxylic acids is 1. The van der Waals surface area contributed by atoms with E-state index in [9.17, 15) is 4.79 Å². The fourth-order valence-electron chi connectivity index (χ4n) is 1.87. The van der Waals surface area contributed by atoms with Crippen molar-refractivity contribution in [2.24, 2.45) is 0 Å². The molecule has 1 unspecified atom stereocenters. The number of carbonyl (C=O) groups is 1. The maximum Gasteiger partial charge on any atom is 0.250 e. The van der Waals surface area contributed by atoms with E-state index in [1.165, 1.54) is 0 Å². The first kappa shape index (κ1) is 13.5. The molecule has 0 bridgehead atoms. The van der Waals surface area contributed by atoms with Crippen LogP contribution in [-0.2, 0) is 9.53 Å². The van der Waals surface area contributed by atoms with Crippen molar-refractivity contribution in [3.8, 4) is 0 Å². The van der Waals surface area contributed by atoms with Gasteiger partial charge >= 0.3 is 0 Å². The van der Waals surface area contributed by atoms with Crippen LogP contribution >= 0.6 is 15.9 Å². The van der Waals surface area contributed by atoms with Crippen molar-refractivity contribution in [1.82, 2.24) is 10.6 Å². The molecule has 0 radical (unpaired) electrons. The third-order valence-electron chi connectivity index (χ3n) is 2.95. The van der Waals surface area contributed by atoms with E-state index in [1.54, 1.807) is 0 Å². The Morgan fingerprint density at radius 1 is 1.50 bits per heavy atom. The van der Waals surface area contributed by atoms with E-state index in [0.717, 1.165) is 16.6 Å². The van der Waals surface area contributed by atoms with Crippen LogP contribution in [-0.4, -0.2) is 31.7 Å². The summed E-state index contributed by atoms with van der Waals surface area (Å²) in [4.78, 5) is 12.0. The molecule has 2 rings (SSSR count). The molecule has 4 nitrogen and oxygen atoms in total. The first-order valence-electron chi connectivity index (χ1n) is 6.05. The van der Waals surface area contributed by atoms with E-state index in [-0.39, 0.29) is 18.1 Å². The van der Waals surface area contributed by atoms with Gasteiger partial charge in [-0.05, 0) is 24.6 Å². The molecular weight excluding hydrogens is 296 g/mol. The van der Waals surface area contributed by atoms with Crippen LogP contribution in [0.3, 0.4) is 0 Å². The summed E-state index contributed by atoms with van der Waals surface area (Å²) in [5.74, 6) is -0.0578. The Morgan fingerprint density at radius 2 is 2.22 bits per heavy atom. The van der Waals surface area contributed by atoms with Gasteiger partial charge in [-0.2, -0.15) is 0 Å². The Bertz CT molecular complexity index is 402. The summed E-state index contributed by atoms with van der Waals surface area (Å²) in [6.45, 7) is 3.95. The van der Waals surface area contributed by atoms with Gasteiger partial charge in [-0.1, -0.05) is 28.1 Å². The zero-order valence-electron chi connectivity index (χ0n) is 10.3. The Labute approximate surface area is 115 Å². The van der Waals surface area contributed by atoms with E-state index < -0.39 is 0 Å². The molecule has 1 amide bonds. The van der Waals surface area contributed by atoms with Crippen LogP contribution in [0.25, 0.3) is 0 Å². The molecule has 0 aliphatic carbocycles. The number of hydrogen-bond donors (Lipinski definition) is 2. The standard InChI is InChI=1S/C13H17BrN2O2/c1-9(10-2-4-11(14)5-3-10)16-13(17)12-8-15-6-7-18-12/h2-5,9,12,15H,6-8H2,1H3,(H,16,17)/t9-,12?/m0/s1. The first-order valence-corrected chi connectivity index (χ1v) is 6.84. The zero-order chi connectivity index (χ0) is 13.0. The highest BCUT2D eigenvalue weighted by molar-refractivity contribution is 9.10. The Balaban J connectivity index is 1.91. The van der Waals surface area contributed by atoms with Crippen LogP contribution in [0, 0.1) is 0 Å². The summed E-state index contributed by atoms with van der Waals surface area (Å²) in [5.41, 5.74) is 1.08. The maximum atomic E-state index is 12.0. The second-order valence-corrected chi connectivity index (χ2v) is 5.26. The predicted molar refractivity (Wildman–Crippen MR) is 73.3 cm³/mol. The van der Waals surface area contributed by atoms with E-state index >= 15 is 0 Å². The molecule has 98 valence electrons. The van der Waals surface area contributed by atoms with E-state index in [4.69, 9.17) is 4.74 Å². The largest absolute Gasteiger partial charge is 0.366 e. The van der Waals surface area contributed by atoms with Crippen LogP contribution in [0.15, 0.2) is 28.7 Å². The van der Waals surface area contributed by atoms with Crippen LogP contribution in [0.2, 0.25) is 0 Å². The quantitative estimate of drug-likeness (QED) is 0.891. The highest BCUT2D eigenvalue weighted by Crippen LogP contribution is 2.16. The molecule has 0 aromatic heterocycles. The lowest BCUT2D eigenvalue weighted by Crippen LogP contribution is -2.48. The summed E-state index contributed by atoms with van der Waals surface area (Å²) in [6, 6.07) is 7.91. The molecule has 1 saturated heterocycles. The van der Waals surface area contributed by atoms with Gasteiger partial charge in [-0.15, -0.1) is 0 Å². The molecule has 1 heterocycles. The van der Waals surface area contributed by atoms with Gasteiger partial charge in [0.15, 0.2) is 0 Å². The molecule has 1 aliphatic heterocycles. The zero-order valence-corrected chi connectivity index (χ0v) is 11.9. The Hall–Kier alpha value is -0.910. The molecule has 1 fully saturated rings. The van der Waals surface area contributed by atoms with Gasteiger partial charge in [0.05, 0.1) is 12.6 Å². The van der Waals surface area contributed by atoms with Crippen molar-refractivity contribution in [3.63, 3.8) is 0 Å². The van der Waals surface area contributed by atoms with Crippen molar-refractivity contribution in [1.29, 1.82) is 0 Å². The number of rotatable bonds is 3. The fourth-order valence-corrected chi connectivity index (χ4v) is 2.14. The molecule has 1 aromatic carbocycles. The number of halogens is 1. The van der Waals surface area contributed by atoms with Gasteiger partial charge in [0.2, 0.25) is 0 Å². The normalized spacial score (nSPS) is 21.3. The average Bonchev–Trinajstić information content (AvgIpc) is 2.40. The summed E-state index contributed by atoms with van der Waals surface area (Å²) in [6.07, 6.45) is -0.378. The van der Waals surface area contributed by atoms with Crippen molar-refractivity contribution in [2.75, 3.05) is 19.7 Å². The smallest absolute Gasteiger partial charge is 0.250 e. The lowest BCUT2D eigenvalue weighted by Gasteiger charge is -2.24. The number of benzene rings is 1. The van der Waals surface area contributed by atoms with Gasteiger partial charge in [0, 0.05) is 17.6 Å². The number of hydrogen-bond acceptors (Lipinski definition) is 3. The van der Waals surface area contributed by atoms with Crippen molar-refractivity contribution >= 4 is 21.8 Å². The summed E-state index contributed by atoms with van der Waals surface area (Å²) >= 11 is 3.39. The summed E-state index contributed by atoms with van der Waals surface area (Å²) < 4.78 is 6.45. The van der Waals surface area contributed by atoms with E-state index in [2.05, 4.69) is 26.6 Å². The van der Waals surface area contributed by atoms with Crippen molar-refractivity contribution < 1.29 is 9.53 Å². The van der Waals surface area contributed by atoms with Gasteiger partial charge in [-0.25, -0.2) is 0 Å². The Morgan fingerprint density at radius 3 is 2.83 bits per heavy atom. The fraction of sp³-hybridized carbons (Fsp3) is 0.462. The van der Waals surface area contributed by atoms with Gasteiger partial charge in [0.25, 0.3) is 5.91 Å². The van der Waals surface area contributed by atoms with Gasteiger partial charge < -0.3 is 15.4 Å². The molecule has 1 aromatic rings. The van der Waals surface area contributed by atoms with Crippen molar-refractivity contribution in [2.45, 2.75) is 19.1 Å². The highest BCUT2D eigenvalue weighted by Gasteiger charge is 2.23. The van der Waals surface area contributed by atoms with Gasteiger partial charge in [-0.3, -0.25) is 4.79 Å². The lowest BCUT2D eigenvalue weighted by atomic mass is 10.1. The van der Waals surface area contributed by atoms with E-state index in [1.807, 2.05) is 31.2 Å². The molecule has 2 N–H and O–H groups in total. The molecule has 5 heteroatoms. The van der Waals surface area contributed by atoms with Gasteiger partial charge in [0.1, 0.15) is 6.10 Å². The predicted octanol–water partition coefficient (Wildman–Crippen LogP) is 1.61. The number of morpholine rings is 1.